The van der Waals surface area contributed by atoms with Crippen molar-refractivity contribution < 1.29 is 0 Å². The van der Waals surface area contributed by atoms with Crippen LogP contribution in [0.1, 0.15) is 42.6 Å². The van der Waals surface area contributed by atoms with E-state index >= 15 is 0 Å². The van der Waals surface area contributed by atoms with Gasteiger partial charge in [-0.1, -0.05) is 6.42 Å². The van der Waals surface area contributed by atoms with Crippen LogP contribution in [0.5, 0.6) is 0 Å². The van der Waals surface area contributed by atoms with Crippen LogP contribution in [0.3, 0.4) is 0 Å². The van der Waals surface area contributed by atoms with E-state index in [1.54, 1.807) is 0 Å². The van der Waals surface area contributed by atoms with Gasteiger partial charge in [0.25, 0.3) is 0 Å². The van der Waals surface area contributed by atoms with Crippen molar-refractivity contribution >= 4 is 11.0 Å². The van der Waals surface area contributed by atoms with Gasteiger partial charge in [0.2, 0.25) is 0 Å². The summed E-state index contributed by atoms with van der Waals surface area (Å²) < 4.78 is 2.25. The number of benzene rings is 1. The van der Waals surface area contributed by atoms with E-state index in [9.17, 15) is 0 Å². The highest BCUT2D eigenvalue weighted by atomic mass is 15.2. The molecule has 0 unspecified atom stereocenters. The molecule has 1 aliphatic rings. The van der Waals surface area contributed by atoms with Crippen LogP contribution in [-0.4, -0.2) is 27.5 Å². The normalized spacial score (nSPS) is 16.0. The SMILES string of the molecule is Cc1cc2nc(CN3CCCCC3)n(CCC#N)c2cc1C. The van der Waals surface area contributed by atoms with Crippen LogP contribution in [0, 0.1) is 25.2 Å². The molecule has 1 saturated heterocycles. The van der Waals surface area contributed by atoms with Crippen molar-refractivity contribution in [2.24, 2.45) is 0 Å². The van der Waals surface area contributed by atoms with Crippen molar-refractivity contribution in [3.8, 4) is 6.07 Å². The first kappa shape index (κ1) is 15.1. The minimum atomic E-state index is 0.533. The third kappa shape index (κ3) is 3.00. The number of nitriles is 1. The second-order valence-corrected chi connectivity index (χ2v) is 6.35. The van der Waals surface area contributed by atoms with Crippen molar-refractivity contribution in [1.82, 2.24) is 14.5 Å². The number of imidazole rings is 1. The maximum atomic E-state index is 8.95. The molecule has 22 heavy (non-hydrogen) atoms. The summed E-state index contributed by atoms with van der Waals surface area (Å²) in [7, 11) is 0. The lowest BCUT2D eigenvalue weighted by Gasteiger charge is -2.26. The highest BCUT2D eigenvalue weighted by Crippen LogP contribution is 2.23. The first-order valence-corrected chi connectivity index (χ1v) is 8.24. The summed E-state index contributed by atoms with van der Waals surface area (Å²) in [6, 6.07) is 6.66. The number of nitrogens with zero attached hydrogens (tertiary/aromatic N) is 4. The van der Waals surface area contributed by atoms with Gasteiger partial charge in [-0.15, -0.1) is 0 Å². The first-order valence-electron chi connectivity index (χ1n) is 8.24. The zero-order valence-electron chi connectivity index (χ0n) is 13.6. The zero-order chi connectivity index (χ0) is 15.5. The number of likely N-dealkylation sites (tertiary alicyclic amines) is 1. The Morgan fingerprint density at radius 1 is 1.14 bits per heavy atom. The Morgan fingerprint density at radius 3 is 2.59 bits per heavy atom. The molecule has 0 spiro atoms. The number of fused-ring (bicyclic) bond motifs is 1. The van der Waals surface area contributed by atoms with E-state index in [4.69, 9.17) is 10.2 Å². The quantitative estimate of drug-likeness (QED) is 0.866. The Labute approximate surface area is 132 Å². The van der Waals surface area contributed by atoms with Crippen molar-refractivity contribution in [3.63, 3.8) is 0 Å². The van der Waals surface area contributed by atoms with Gasteiger partial charge >= 0.3 is 0 Å². The minimum Gasteiger partial charge on any atom is -0.326 e. The number of aromatic nitrogens is 2. The van der Waals surface area contributed by atoms with Crippen LogP contribution >= 0.6 is 0 Å². The van der Waals surface area contributed by atoms with Gasteiger partial charge in [-0.2, -0.15) is 5.26 Å². The molecule has 2 heterocycles. The summed E-state index contributed by atoms with van der Waals surface area (Å²) in [6.45, 7) is 8.24. The molecule has 4 nitrogen and oxygen atoms in total. The van der Waals surface area contributed by atoms with Crippen LogP contribution < -0.4 is 0 Å². The van der Waals surface area contributed by atoms with Crippen LogP contribution in [-0.2, 0) is 13.1 Å². The van der Waals surface area contributed by atoms with Gasteiger partial charge in [0, 0.05) is 6.54 Å². The lowest BCUT2D eigenvalue weighted by atomic mass is 10.1. The molecular weight excluding hydrogens is 272 g/mol. The molecule has 0 N–H and O–H groups in total. The van der Waals surface area contributed by atoms with E-state index < -0.39 is 0 Å². The number of aryl methyl sites for hydroxylation is 3. The van der Waals surface area contributed by atoms with Gasteiger partial charge in [0.15, 0.2) is 0 Å². The fraction of sp³-hybridized carbons (Fsp3) is 0.556. The summed E-state index contributed by atoms with van der Waals surface area (Å²) in [5, 5.41) is 8.95. The zero-order valence-corrected chi connectivity index (χ0v) is 13.6. The highest BCUT2D eigenvalue weighted by molar-refractivity contribution is 5.78. The molecule has 1 aliphatic heterocycles. The molecule has 2 aromatic rings. The lowest BCUT2D eigenvalue weighted by molar-refractivity contribution is 0.213. The van der Waals surface area contributed by atoms with Crippen molar-refractivity contribution in [3.05, 3.63) is 29.1 Å². The third-order valence-electron chi connectivity index (χ3n) is 4.70. The van der Waals surface area contributed by atoms with E-state index in [0.717, 1.165) is 24.4 Å². The van der Waals surface area contributed by atoms with Crippen molar-refractivity contribution in [2.75, 3.05) is 13.1 Å². The van der Waals surface area contributed by atoms with Crippen LogP contribution in [0.25, 0.3) is 11.0 Å². The Kier molecular flexibility index (Phi) is 4.44. The van der Waals surface area contributed by atoms with Gasteiger partial charge in [-0.25, -0.2) is 4.98 Å². The molecule has 0 aliphatic carbocycles. The molecule has 0 atom stereocenters. The Hall–Kier alpha value is -1.86. The van der Waals surface area contributed by atoms with E-state index in [2.05, 4.69) is 41.5 Å². The summed E-state index contributed by atoms with van der Waals surface area (Å²) in [6.07, 6.45) is 4.46. The molecule has 1 fully saturated rings. The predicted molar refractivity (Wildman–Crippen MR) is 88.6 cm³/mol. The van der Waals surface area contributed by atoms with Crippen LogP contribution in [0.4, 0.5) is 0 Å². The average molecular weight is 296 g/mol. The summed E-state index contributed by atoms with van der Waals surface area (Å²) in [5.74, 6) is 1.11. The summed E-state index contributed by atoms with van der Waals surface area (Å²) in [5.41, 5.74) is 4.80. The molecule has 1 aromatic carbocycles. The number of piperidine rings is 1. The number of hydrogen-bond acceptors (Lipinski definition) is 3. The van der Waals surface area contributed by atoms with Gasteiger partial charge in [-0.3, -0.25) is 4.90 Å². The molecule has 1 aromatic heterocycles. The smallest absolute Gasteiger partial charge is 0.124 e. The molecule has 0 saturated carbocycles. The Bertz CT molecular complexity index is 702. The molecule has 3 rings (SSSR count). The van der Waals surface area contributed by atoms with Crippen molar-refractivity contribution in [2.45, 2.75) is 52.6 Å². The predicted octanol–water partition coefficient (Wildman–Crippen LogP) is 3.55. The number of hydrogen-bond donors (Lipinski definition) is 0. The monoisotopic (exact) mass is 296 g/mol. The second-order valence-electron chi connectivity index (χ2n) is 6.35. The van der Waals surface area contributed by atoms with Crippen LogP contribution in [0.2, 0.25) is 0 Å². The summed E-state index contributed by atoms with van der Waals surface area (Å²) >= 11 is 0. The maximum Gasteiger partial charge on any atom is 0.124 e. The number of rotatable bonds is 4. The van der Waals surface area contributed by atoms with E-state index in [0.29, 0.717) is 6.42 Å². The Morgan fingerprint density at radius 2 is 1.86 bits per heavy atom. The van der Waals surface area contributed by atoms with Gasteiger partial charge in [-0.05, 0) is 63.0 Å². The first-order chi connectivity index (χ1) is 10.7. The molecule has 0 amide bonds. The van der Waals surface area contributed by atoms with E-state index in [1.807, 2.05) is 0 Å². The second kappa shape index (κ2) is 6.50. The van der Waals surface area contributed by atoms with Gasteiger partial charge < -0.3 is 4.57 Å². The van der Waals surface area contributed by atoms with E-state index in [-0.39, 0.29) is 0 Å². The topological polar surface area (TPSA) is 44.9 Å². The van der Waals surface area contributed by atoms with Gasteiger partial charge in [0.1, 0.15) is 5.82 Å². The maximum absolute atomic E-state index is 8.95. The van der Waals surface area contributed by atoms with Crippen LogP contribution in [0.15, 0.2) is 12.1 Å². The lowest BCUT2D eigenvalue weighted by Crippen LogP contribution is -2.30. The Balaban J connectivity index is 1.97. The molecule has 0 radical (unpaired) electrons. The highest BCUT2D eigenvalue weighted by Gasteiger charge is 2.16. The molecule has 4 heteroatoms. The standard InChI is InChI=1S/C18H24N4/c1-14-11-16-17(12-15(14)2)22(10-6-7-19)18(20-16)13-21-8-4-3-5-9-21/h11-12H,3-6,8-10,13H2,1-2H3. The molecule has 116 valence electrons. The fourth-order valence-corrected chi connectivity index (χ4v) is 3.28. The average Bonchev–Trinajstić information content (AvgIpc) is 2.83. The summed E-state index contributed by atoms with van der Waals surface area (Å²) in [4.78, 5) is 7.37. The van der Waals surface area contributed by atoms with Gasteiger partial charge in [0.05, 0.1) is 30.1 Å². The molecule has 0 bridgehead atoms. The molecular formula is C18H24N4. The minimum absolute atomic E-state index is 0.533. The largest absolute Gasteiger partial charge is 0.326 e. The van der Waals surface area contributed by atoms with E-state index in [1.165, 1.54) is 49.0 Å². The third-order valence-corrected chi connectivity index (χ3v) is 4.70. The van der Waals surface area contributed by atoms with Crippen molar-refractivity contribution in [1.29, 1.82) is 5.26 Å². The fourth-order valence-electron chi connectivity index (χ4n) is 3.28.